The normalized spacial score (nSPS) is 13.7. The number of anilines is 1. The van der Waals surface area contributed by atoms with Crippen molar-refractivity contribution in [1.29, 1.82) is 0 Å². The van der Waals surface area contributed by atoms with Gasteiger partial charge in [0.2, 0.25) is 5.89 Å². The van der Waals surface area contributed by atoms with Crippen molar-refractivity contribution in [3.8, 4) is 17.2 Å². The van der Waals surface area contributed by atoms with Crippen molar-refractivity contribution >= 4 is 34.9 Å². The third kappa shape index (κ3) is 5.03. The van der Waals surface area contributed by atoms with Gasteiger partial charge in [-0.25, -0.2) is 4.98 Å². The minimum atomic E-state index is 0. The molecule has 1 fully saturated rings. The number of rotatable bonds is 7. The average molecular weight is 482 g/mol. The number of piperazine rings is 1. The second kappa shape index (κ2) is 10.6. The zero-order chi connectivity index (χ0) is 22.6. The number of fused-ring (bicyclic) bond motifs is 1. The summed E-state index contributed by atoms with van der Waals surface area (Å²) in [4.78, 5) is 24.3. The molecule has 178 valence electrons. The van der Waals surface area contributed by atoms with Gasteiger partial charge in [-0.3, -0.25) is 4.79 Å². The van der Waals surface area contributed by atoms with E-state index in [0.717, 1.165) is 47.2 Å². The zero-order valence-electron chi connectivity index (χ0n) is 18.8. The number of benzene rings is 2. The van der Waals surface area contributed by atoms with Crippen LogP contribution < -0.4 is 15.4 Å². The van der Waals surface area contributed by atoms with Gasteiger partial charge in [0.1, 0.15) is 12.0 Å². The van der Waals surface area contributed by atoms with Crippen LogP contribution in [-0.4, -0.2) is 60.1 Å². The van der Waals surface area contributed by atoms with Crippen LogP contribution in [0.5, 0.6) is 5.75 Å². The lowest BCUT2D eigenvalue weighted by Gasteiger charge is -2.36. The molecule has 3 N–H and O–H groups in total. The third-order valence-electron chi connectivity index (χ3n) is 6.06. The summed E-state index contributed by atoms with van der Waals surface area (Å²) in [6, 6.07) is 14.0. The van der Waals surface area contributed by atoms with E-state index >= 15 is 0 Å². The van der Waals surface area contributed by atoms with Crippen LogP contribution in [0.25, 0.3) is 22.4 Å². The summed E-state index contributed by atoms with van der Waals surface area (Å²) >= 11 is 0. The molecule has 1 aliphatic heterocycles. The predicted molar refractivity (Wildman–Crippen MR) is 135 cm³/mol. The van der Waals surface area contributed by atoms with Gasteiger partial charge < -0.3 is 29.7 Å². The Bertz CT molecular complexity index is 1220. The number of H-pyrrole nitrogens is 1. The predicted octanol–water partition coefficient (Wildman–Crippen LogP) is 3.47. The van der Waals surface area contributed by atoms with Crippen molar-refractivity contribution in [2.24, 2.45) is 5.73 Å². The van der Waals surface area contributed by atoms with Crippen LogP contribution >= 0.6 is 12.4 Å². The maximum absolute atomic E-state index is 12.7. The Labute approximate surface area is 204 Å². The van der Waals surface area contributed by atoms with Crippen LogP contribution in [0.3, 0.4) is 0 Å². The second-order valence-electron chi connectivity index (χ2n) is 8.10. The van der Waals surface area contributed by atoms with Gasteiger partial charge in [-0.1, -0.05) is 0 Å². The van der Waals surface area contributed by atoms with E-state index in [4.69, 9.17) is 14.9 Å². The van der Waals surface area contributed by atoms with E-state index in [-0.39, 0.29) is 24.9 Å². The molecule has 0 spiro atoms. The molecule has 0 unspecified atom stereocenters. The molecule has 0 bridgehead atoms. The molecule has 0 atom stereocenters. The second-order valence-corrected chi connectivity index (χ2v) is 8.10. The van der Waals surface area contributed by atoms with E-state index in [0.29, 0.717) is 31.3 Å². The van der Waals surface area contributed by atoms with E-state index in [2.05, 4.69) is 27.0 Å². The van der Waals surface area contributed by atoms with Crippen LogP contribution in [-0.2, 0) is 11.2 Å². The third-order valence-corrected chi connectivity index (χ3v) is 6.06. The molecule has 0 aliphatic carbocycles. The lowest BCUT2D eigenvalue weighted by atomic mass is 10.1. The first-order chi connectivity index (χ1) is 16.2. The number of carbonyl (C=O) groups is 1. The van der Waals surface area contributed by atoms with E-state index in [1.165, 1.54) is 0 Å². The number of hydrogen-bond acceptors (Lipinski definition) is 6. The number of oxazole rings is 1. The van der Waals surface area contributed by atoms with E-state index in [1.807, 2.05) is 41.4 Å². The van der Waals surface area contributed by atoms with E-state index < -0.39 is 0 Å². The lowest BCUT2D eigenvalue weighted by Crippen LogP contribution is -2.50. The highest BCUT2D eigenvalue weighted by Gasteiger charge is 2.22. The number of nitrogens with one attached hydrogen (secondary N) is 1. The largest absolute Gasteiger partial charge is 0.484 e. The molecule has 1 saturated heterocycles. The summed E-state index contributed by atoms with van der Waals surface area (Å²) in [5, 5.41) is 1.09. The Balaban J connectivity index is 0.00000274. The van der Waals surface area contributed by atoms with E-state index in [9.17, 15) is 4.79 Å². The number of hydrogen-bond donors (Lipinski definition) is 2. The highest BCUT2D eigenvalue weighted by atomic mass is 35.5. The van der Waals surface area contributed by atoms with Gasteiger partial charge in [-0.15, -0.1) is 12.4 Å². The van der Waals surface area contributed by atoms with Crippen LogP contribution in [0.15, 0.2) is 65.5 Å². The minimum Gasteiger partial charge on any atom is -0.484 e. The maximum atomic E-state index is 12.7. The number of aromatic amines is 1. The van der Waals surface area contributed by atoms with Crippen molar-refractivity contribution in [3.63, 3.8) is 0 Å². The summed E-state index contributed by atoms with van der Waals surface area (Å²) in [7, 11) is 0. The maximum Gasteiger partial charge on any atom is 0.260 e. The number of amides is 1. The highest BCUT2D eigenvalue weighted by molar-refractivity contribution is 5.85. The molecule has 4 aromatic rings. The zero-order valence-corrected chi connectivity index (χ0v) is 19.6. The number of ether oxygens (including phenoxy) is 1. The molecule has 34 heavy (non-hydrogen) atoms. The van der Waals surface area contributed by atoms with Gasteiger partial charge in [0.25, 0.3) is 5.91 Å². The van der Waals surface area contributed by atoms with Gasteiger partial charge in [0, 0.05) is 54.5 Å². The smallest absolute Gasteiger partial charge is 0.260 e. The van der Waals surface area contributed by atoms with Crippen molar-refractivity contribution in [1.82, 2.24) is 14.9 Å². The van der Waals surface area contributed by atoms with Crippen molar-refractivity contribution in [2.75, 3.05) is 44.2 Å². The highest BCUT2D eigenvalue weighted by Crippen LogP contribution is 2.25. The SMILES string of the molecule is Cl.NCCc1c[nH]c2ccc(OCC(=O)N3CCN(c4ccc(-c5ncco5)cc4)CC3)cc12. The van der Waals surface area contributed by atoms with Gasteiger partial charge in [0.15, 0.2) is 6.61 Å². The van der Waals surface area contributed by atoms with Gasteiger partial charge in [-0.2, -0.15) is 0 Å². The molecule has 3 heterocycles. The lowest BCUT2D eigenvalue weighted by molar-refractivity contribution is -0.133. The van der Waals surface area contributed by atoms with Crippen LogP contribution in [0.2, 0.25) is 0 Å². The molecule has 1 aliphatic rings. The standard InChI is InChI=1S/C25H27N5O3.ClH/c26-8-7-19-16-28-23-6-5-21(15-22(19)23)33-17-24(31)30-12-10-29(11-13-30)20-3-1-18(2-4-20)25-27-9-14-32-25;/h1-6,9,14-16,28H,7-8,10-13,17,26H2;1H. The molecule has 5 rings (SSSR count). The number of nitrogens with two attached hydrogens (primary N) is 1. The molecule has 2 aromatic heterocycles. The monoisotopic (exact) mass is 481 g/mol. The molecule has 1 amide bonds. The Hall–Kier alpha value is -3.49. The molecule has 0 saturated carbocycles. The number of aromatic nitrogens is 2. The van der Waals surface area contributed by atoms with Crippen LogP contribution in [0, 0.1) is 0 Å². The molecule has 2 aromatic carbocycles. The minimum absolute atomic E-state index is 0. The van der Waals surface area contributed by atoms with Gasteiger partial charge in [-0.05, 0) is 61.0 Å². The Kier molecular flexibility index (Phi) is 7.40. The first-order valence-corrected chi connectivity index (χ1v) is 11.2. The van der Waals surface area contributed by atoms with Gasteiger partial charge >= 0.3 is 0 Å². The summed E-state index contributed by atoms with van der Waals surface area (Å²) in [6.45, 7) is 3.52. The Morgan fingerprint density at radius 1 is 1.12 bits per heavy atom. The molecule has 0 radical (unpaired) electrons. The van der Waals surface area contributed by atoms with Crippen molar-refractivity contribution < 1.29 is 13.9 Å². The fourth-order valence-electron chi connectivity index (χ4n) is 4.24. The first-order valence-electron chi connectivity index (χ1n) is 11.2. The van der Waals surface area contributed by atoms with Crippen LogP contribution in [0.1, 0.15) is 5.56 Å². The first kappa shape index (κ1) is 23.7. The van der Waals surface area contributed by atoms with Crippen molar-refractivity contribution in [2.45, 2.75) is 6.42 Å². The summed E-state index contributed by atoms with van der Waals surface area (Å²) in [5.74, 6) is 1.31. The Morgan fingerprint density at radius 3 is 2.62 bits per heavy atom. The molecule has 8 nitrogen and oxygen atoms in total. The number of nitrogens with zero attached hydrogens (tertiary/aromatic N) is 3. The van der Waals surface area contributed by atoms with Crippen LogP contribution in [0.4, 0.5) is 5.69 Å². The molecular weight excluding hydrogens is 454 g/mol. The summed E-state index contributed by atoms with van der Waals surface area (Å²) in [5.41, 5.74) is 9.98. The fraction of sp³-hybridized carbons (Fsp3) is 0.280. The molecular formula is C25H28ClN5O3. The quantitative estimate of drug-likeness (QED) is 0.419. The number of halogens is 1. The number of carbonyl (C=O) groups excluding carboxylic acids is 1. The van der Waals surface area contributed by atoms with E-state index in [1.54, 1.807) is 12.5 Å². The average Bonchev–Trinajstić information content (AvgIpc) is 3.54. The Morgan fingerprint density at radius 2 is 1.91 bits per heavy atom. The topological polar surface area (TPSA) is 101 Å². The molecule has 9 heteroatoms. The fourth-order valence-corrected chi connectivity index (χ4v) is 4.24. The summed E-state index contributed by atoms with van der Waals surface area (Å²) < 4.78 is 11.2. The van der Waals surface area contributed by atoms with Gasteiger partial charge in [0.05, 0.1) is 6.20 Å². The summed E-state index contributed by atoms with van der Waals surface area (Å²) in [6.07, 6.45) is 5.99. The van der Waals surface area contributed by atoms with Crippen molar-refractivity contribution in [3.05, 3.63) is 66.7 Å².